The maximum Gasteiger partial charge on any atom is 0.323 e. The Hall–Kier alpha value is -2.95. The molecule has 1 N–H and O–H groups in total. The first-order valence-corrected chi connectivity index (χ1v) is 7.23. The second-order valence-corrected chi connectivity index (χ2v) is 5.03. The van der Waals surface area contributed by atoms with E-state index in [-0.39, 0.29) is 0 Å². The molecule has 0 bridgehead atoms. The van der Waals surface area contributed by atoms with Crippen molar-refractivity contribution in [1.82, 2.24) is 15.0 Å². The number of aromatic amines is 1. The Morgan fingerprint density at radius 1 is 1.05 bits per heavy atom. The van der Waals surface area contributed by atoms with Gasteiger partial charge in [-0.3, -0.25) is 0 Å². The van der Waals surface area contributed by atoms with Crippen LogP contribution in [-0.4, -0.2) is 15.0 Å². The van der Waals surface area contributed by atoms with Crippen molar-refractivity contribution >= 4 is 11.0 Å². The largest absolute Gasteiger partial charge is 0.448 e. The van der Waals surface area contributed by atoms with Crippen molar-refractivity contribution in [3.05, 3.63) is 55.1 Å². The van der Waals surface area contributed by atoms with Crippen LogP contribution in [0.25, 0.3) is 33.9 Å². The number of furan rings is 1. The van der Waals surface area contributed by atoms with Gasteiger partial charge in [0.2, 0.25) is 5.76 Å². The number of aryl methyl sites for hydroxylation is 1. The quantitative estimate of drug-likeness (QED) is 0.590. The van der Waals surface area contributed by atoms with Gasteiger partial charge in [-0.25, -0.2) is 19.5 Å². The van der Waals surface area contributed by atoms with Crippen molar-refractivity contribution in [3.63, 3.8) is 0 Å². The fraction of sp³-hybridized carbons (Fsp3) is 0.118. The van der Waals surface area contributed by atoms with E-state index in [9.17, 15) is 0 Å². The van der Waals surface area contributed by atoms with Gasteiger partial charge >= 0.3 is 5.82 Å². The summed E-state index contributed by atoms with van der Waals surface area (Å²) in [5.74, 6) is 2.53. The Kier molecular flexibility index (Phi) is 2.96. The van der Waals surface area contributed by atoms with E-state index in [4.69, 9.17) is 4.42 Å². The molecule has 0 aliphatic rings. The zero-order valence-corrected chi connectivity index (χ0v) is 12.2. The lowest BCUT2D eigenvalue weighted by Gasteiger charge is -1.96. The Morgan fingerprint density at radius 3 is 2.64 bits per heavy atom. The summed E-state index contributed by atoms with van der Waals surface area (Å²) in [6, 6.07) is 12.2. The summed E-state index contributed by atoms with van der Waals surface area (Å²) >= 11 is 0. The molecule has 0 saturated heterocycles. The average molecular weight is 291 g/mol. The van der Waals surface area contributed by atoms with Gasteiger partial charge in [0.25, 0.3) is 0 Å². The highest BCUT2D eigenvalue weighted by Gasteiger charge is 2.21. The fourth-order valence-corrected chi connectivity index (χ4v) is 2.70. The van der Waals surface area contributed by atoms with Crippen LogP contribution in [0.5, 0.6) is 0 Å². The highest BCUT2D eigenvalue weighted by Crippen LogP contribution is 2.26. The fourth-order valence-electron chi connectivity index (χ4n) is 2.70. The van der Waals surface area contributed by atoms with Crippen LogP contribution >= 0.6 is 0 Å². The van der Waals surface area contributed by atoms with Crippen molar-refractivity contribution in [3.8, 4) is 22.9 Å². The number of fused-ring (bicyclic) bond motifs is 1. The molecule has 4 aromatic rings. The normalized spacial score (nSPS) is 11.1. The molecular formula is C17H15N4O+. The van der Waals surface area contributed by atoms with Gasteiger partial charge in [-0.2, -0.15) is 0 Å². The maximum absolute atomic E-state index is 6.00. The van der Waals surface area contributed by atoms with Crippen LogP contribution in [0.3, 0.4) is 0 Å². The Morgan fingerprint density at radius 2 is 1.82 bits per heavy atom. The van der Waals surface area contributed by atoms with Crippen LogP contribution in [0.15, 0.2) is 59.5 Å². The van der Waals surface area contributed by atoms with Crippen molar-refractivity contribution < 1.29 is 8.98 Å². The van der Waals surface area contributed by atoms with Gasteiger partial charge in [0, 0.05) is 12.4 Å². The molecule has 0 atom stereocenters. The molecule has 5 nitrogen and oxygen atoms in total. The van der Waals surface area contributed by atoms with Gasteiger partial charge in [0.05, 0.1) is 12.1 Å². The lowest BCUT2D eigenvalue weighted by Crippen LogP contribution is -2.33. The van der Waals surface area contributed by atoms with E-state index in [0.29, 0.717) is 0 Å². The summed E-state index contributed by atoms with van der Waals surface area (Å²) in [6.45, 7) is 2.99. The summed E-state index contributed by atoms with van der Waals surface area (Å²) in [5.41, 5.74) is 3.13. The lowest BCUT2D eigenvalue weighted by molar-refractivity contribution is -0.657. The topological polar surface area (TPSA) is 58.6 Å². The summed E-state index contributed by atoms with van der Waals surface area (Å²) in [4.78, 5) is 11.5. The Labute approximate surface area is 127 Å². The first-order valence-electron chi connectivity index (χ1n) is 7.23. The number of nitrogens with one attached hydrogen (secondary N) is 1. The Bertz CT molecular complexity index is 924. The molecule has 0 spiro atoms. The lowest BCUT2D eigenvalue weighted by atomic mass is 10.3. The number of benzene rings is 1. The average Bonchev–Trinajstić information content (AvgIpc) is 3.20. The number of hydrogen-bond donors (Lipinski definition) is 1. The first kappa shape index (κ1) is 12.8. The minimum Gasteiger partial charge on any atom is -0.448 e. The molecule has 4 rings (SSSR count). The standard InChI is InChI=1S/C17H14N4O/c1-2-21-14-6-4-3-5-13(14)20-17(21)16-8-7-15(22-16)12-9-18-11-19-10-12/h3-11H,2H2,1H3/p+1. The van der Waals surface area contributed by atoms with Crippen LogP contribution in [0, 0.1) is 0 Å². The molecule has 3 heterocycles. The zero-order chi connectivity index (χ0) is 14.9. The zero-order valence-electron chi connectivity index (χ0n) is 12.2. The molecule has 0 fully saturated rings. The number of H-pyrrole nitrogens is 1. The molecule has 5 heteroatoms. The van der Waals surface area contributed by atoms with Crippen molar-refractivity contribution in [2.45, 2.75) is 13.5 Å². The first-order chi connectivity index (χ1) is 10.9. The highest BCUT2D eigenvalue weighted by atomic mass is 16.3. The van der Waals surface area contributed by atoms with E-state index in [1.807, 2.05) is 24.3 Å². The minimum atomic E-state index is 0.761. The molecule has 1 aromatic carbocycles. The van der Waals surface area contributed by atoms with E-state index >= 15 is 0 Å². The summed E-state index contributed by atoms with van der Waals surface area (Å²) < 4.78 is 8.20. The Balaban J connectivity index is 1.84. The van der Waals surface area contributed by atoms with Crippen molar-refractivity contribution in [2.24, 2.45) is 0 Å². The van der Waals surface area contributed by atoms with E-state index in [1.54, 1.807) is 12.4 Å². The van der Waals surface area contributed by atoms with Crippen LogP contribution < -0.4 is 4.57 Å². The van der Waals surface area contributed by atoms with Gasteiger partial charge in [-0.15, -0.1) is 0 Å². The number of aromatic nitrogens is 4. The van der Waals surface area contributed by atoms with Crippen molar-refractivity contribution in [1.29, 1.82) is 0 Å². The summed E-state index contributed by atoms with van der Waals surface area (Å²) in [5, 5.41) is 0. The van der Waals surface area contributed by atoms with E-state index in [1.165, 1.54) is 11.8 Å². The van der Waals surface area contributed by atoms with E-state index in [2.05, 4.69) is 38.6 Å². The van der Waals surface area contributed by atoms with Crippen molar-refractivity contribution in [2.75, 3.05) is 0 Å². The predicted molar refractivity (Wildman–Crippen MR) is 82.9 cm³/mol. The van der Waals surface area contributed by atoms with Crippen LogP contribution in [-0.2, 0) is 6.54 Å². The monoisotopic (exact) mass is 291 g/mol. The smallest absolute Gasteiger partial charge is 0.323 e. The second-order valence-electron chi connectivity index (χ2n) is 5.03. The maximum atomic E-state index is 6.00. The summed E-state index contributed by atoms with van der Waals surface area (Å²) in [6.07, 6.45) is 5.00. The molecule has 0 radical (unpaired) electrons. The molecular weight excluding hydrogens is 276 g/mol. The number of nitrogens with zero attached hydrogens (tertiary/aromatic N) is 3. The molecule has 22 heavy (non-hydrogen) atoms. The van der Waals surface area contributed by atoms with Gasteiger partial charge in [-0.1, -0.05) is 12.1 Å². The molecule has 0 amide bonds. The van der Waals surface area contributed by atoms with Crippen LogP contribution in [0.4, 0.5) is 0 Å². The highest BCUT2D eigenvalue weighted by molar-refractivity contribution is 5.74. The van der Waals surface area contributed by atoms with Crippen LogP contribution in [0.1, 0.15) is 6.92 Å². The van der Waals surface area contributed by atoms with Gasteiger partial charge in [-0.05, 0) is 31.2 Å². The molecule has 0 aliphatic carbocycles. The number of para-hydroxylation sites is 2. The number of rotatable bonds is 3. The third-order valence-electron chi connectivity index (χ3n) is 3.72. The third kappa shape index (κ3) is 1.98. The van der Waals surface area contributed by atoms with Gasteiger partial charge in [0.15, 0.2) is 11.0 Å². The van der Waals surface area contributed by atoms with Gasteiger partial charge < -0.3 is 4.42 Å². The molecule has 0 saturated carbocycles. The summed E-state index contributed by atoms with van der Waals surface area (Å²) in [7, 11) is 0. The van der Waals surface area contributed by atoms with E-state index < -0.39 is 0 Å². The number of imidazole rings is 1. The molecule has 0 unspecified atom stereocenters. The van der Waals surface area contributed by atoms with Crippen LogP contribution in [0.2, 0.25) is 0 Å². The third-order valence-corrected chi connectivity index (χ3v) is 3.72. The second kappa shape index (κ2) is 5.11. The molecule has 108 valence electrons. The van der Waals surface area contributed by atoms with E-state index in [0.717, 1.165) is 35.0 Å². The SMILES string of the molecule is CC[n+]1c(-c2ccc(-c3cncnc3)o2)[nH]c2ccccc21. The molecule has 3 aromatic heterocycles. The number of hydrogen-bond acceptors (Lipinski definition) is 3. The predicted octanol–water partition coefficient (Wildman–Crippen LogP) is 3.19. The van der Waals surface area contributed by atoms with Gasteiger partial charge in [0.1, 0.15) is 12.1 Å². The minimum absolute atomic E-state index is 0.761. The molecule has 0 aliphatic heterocycles.